The van der Waals surface area contributed by atoms with E-state index in [1.165, 1.54) is 11.8 Å². The third kappa shape index (κ3) is 13.4. The van der Waals surface area contributed by atoms with Gasteiger partial charge in [-0.1, -0.05) is 50.1 Å². The van der Waals surface area contributed by atoms with E-state index in [0.29, 0.717) is 12.2 Å². The highest BCUT2D eigenvalue weighted by Crippen LogP contribution is 2.15. The van der Waals surface area contributed by atoms with Crippen LogP contribution in [0.1, 0.15) is 71.1 Å². The molecule has 0 fully saturated rings. The van der Waals surface area contributed by atoms with Crippen LogP contribution in [0.2, 0.25) is 0 Å². The van der Waals surface area contributed by atoms with Crippen molar-refractivity contribution in [2.45, 2.75) is 89.8 Å². The summed E-state index contributed by atoms with van der Waals surface area (Å²) in [5.74, 6) is 0.340. The third-order valence-electron chi connectivity index (χ3n) is 5.50. The van der Waals surface area contributed by atoms with Crippen molar-refractivity contribution < 1.29 is 33.1 Å². The topological polar surface area (TPSA) is 124 Å². The molecule has 0 aliphatic carbocycles. The summed E-state index contributed by atoms with van der Waals surface area (Å²) < 4.78 is 15.9. The molecule has 1 aromatic carbocycles. The Kier molecular flexibility index (Phi) is 13.6. The number of ether oxygens (including phenoxy) is 2. The standard InChI is InChI=1S/C29H40N2O7S/c1-5-6-14-23(25(32)20-39-19-22-13-10-17-36-22)30-27(34)24(15-16-26(33)38-29(2,3)4)31-28(35)37-18-21-11-8-7-9-12-21/h7-13,17,23-24H,5-6,14-16,18-20H2,1-4H3,(H,30,34)(H,31,35). The lowest BCUT2D eigenvalue weighted by molar-refractivity contribution is -0.155. The van der Waals surface area contributed by atoms with Gasteiger partial charge in [0.2, 0.25) is 5.91 Å². The quantitative estimate of drug-likeness (QED) is 0.269. The Balaban J connectivity index is 2.03. The number of unbranched alkanes of at least 4 members (excludes halogenated alkanes) is 1. The number of carbonyl (C=O) groups is 4. The van der Waals surface area contributed by atoms with Gasteiger partial charge in [0.1, 0.15) is 24.0 Å². The molecule has 10 heteroatoms. The number of rotatable bonds is 16. The summed E-state index contributed by atoms with van der Waals surface area (Å²) in [7, 11) is 0. The number of esters is 1. The van der Waals surface area contributed by atoms with Gasteiger partial charge in [-0.15, -0.1) is 11.8 Å². The number of thioether (sulfide) groups is 1. The fourth-order valence-corrected chi connectivity index (χ4v) is 4.44. The lowest BCUT2D eigenvalue weighted by Crippen LogP contribution is -2.52. The predicted molar refractivity (Wildman–Crippen MR) is 150 cm³/mol. The molecule has 1 heterocycles. The smallest absolute Gasteiger partial charge is 0.408 e. The number of ketones is 1. The van der Waals surface area contributed by atoms with E-state index in [1.807, 2.05) is 43.3 Å². The van der Waals surface area contributed by atoms with E-state index in [2.05, 4.69) is 10.6 Å². The largest absolute Gasteiger partial charge is 0.468 e. The lowest BCUT2D eigenvalue weighted by Gasteiger charge is -2.24. The van der Waals surface area contributed by atoms with Crippen LogP contribution in [0, 0.1) is 0 Å². The lowest BCUT2D eigenvalue weighted by atomic mass is 10.0. The van der Waals surface area contributed by atoms with Crippen LogP contribution in [-0.4, -0.2) is 47.2 Å². The molecule has 2 atom stereocenters. The summed E-state index contributed by atoms with van der Waals surface area (Å²) >= 11 is 1.41. The predicted octanol–water partition coefficient (Wildman–Crippen LogP) is 5.17. The molecule has 0 aliphatic rings. The SMILES string of the molecule is CCCCC(NC(=O)C(CCC(=O)OC(C)(C)C)NC(=O)OCc1ccccc1)C(=O)CSCc1ccco1. The monoisotopic (exact) mass is 560 g/mol. The van der Waals surface area contributed by atoms with Crippen LogP contribution in [-0.2, 0) is 36.2 Å². The minimum absolute atomic E-state index is 0.0108. The number of Topliss-reactive ketones (excluding diaryl/α,β-unsaturated/α-hetero) is 1. The van der Waals surface area contributed by atoms with Crippen LogP contribution < -0.4 is 10.6 Å². The summed E-state index contributed by atoms with van der Waals surface area (Å²) in [6, 6.07) is 11.0. The maximum Gasteiger partial charge on any atom is 0.408 e. The molecule has 0 aliphatic heterocycles. The number of furan rings is 1. The van der Waals surface area contributed by atoms with Gasteiger partial charge in [0.05, 0.1) is 23.8 Å². The molecule has 2 aromatic rings. The Morgan fingerprint density at radius 1 is 0.974 bits per heavy atom. The number of hydrogen-bond donors (Lipinski definition) is 2. The Morgan fingerprint density at radius 3 is 2.36 bits per heavy atom. The van der Waals surface area contributed by atoms with Crippen molar-refractivity contribution in [1.82, 2.24) is 10.6 Å². The molecule has 0 saturated heterocycles. The van der Waals surface area contributed by atoms with Gasteiger partial charge in [0, 0.05) is 6.42 Å². The molecule has 0 saturated carbocycles. The van der Waals surface area contributed by atoms with E-state index in [0.717, 1.165) is 24.2 Å². The van der Waals surface area contributed by atoms with E-state index in [-0.39, 0.29) is 31.0 Å². The van der Waals surface area contributed by atoms with Crippen molar-refractivity contribution in [2.24, 2.45) is 0 Å². The highest BCUT2D eigenvalue weighted by molar-refractivity contribution is 7.99. The maximum absolute atomic E-state index is 13.3. The normalized spacial score (nSPS) is 12.7. The molecule has 39 heavy (non-hydrogen) atoms. The van der Waals surface area contributed by atoms with Crippen LogP contribution >= 0.6 is 11.8 Å². The van der Waals surface area contributed by atoms with Gasteiger partial charge in [-0.25, -0.2) is 4.79 Å². The summed E-state index contributed by atoms with van der Waals surface area (Å²) in [5, 5.41) is 5.36. The van der Waals surface area contributed by atoms with Crippen LogP contribution in [0.5, 0.6) is 0 Å². The molecule has 2 rings (SSSR count). The minimum Gasteiger partial charge on any atom is -0.468 e. The van der Waals surface area contributed by atoms with E-state index in [1.54, 1.807) is 33.1 Å². The third-order valence-corrected chi connectivity index (χ3v) is 6.48. The number of carbonyl (C=O) groups excluding carboxylic acids is 4. The van der Waals surface area contributed by atoms with E-state index in [4.69, 9.17) is 13.9 Å². The molecule has 0 bridgehead atoms. The summed E-state index contributed by atoms with van der Waals surface area (Å²) in [5.41, 5.74) is 0.113. The molecule has 2 N–H and O–H groups in total. The molecular formula is C29H40N2O7S. The van der Waals surface area contributed by atoms with Gasteiger partial charge >= 0.3 is 12.1 Å². The second kappa shape index (κ2) is 16.6. The zero-order valence-corrected chi connectivity index (χ0v) is 24.0. The van der Waals surface area contributed by atoms with Crippen LogP contribution in [0.3, 0.4) is 0 Å². The second-order valence-corrected chi connectivity index (χ2v) is 11.1. The highest BCUT2D eigenvalue weighted by Gasteiger charge is 2.28. The van der Waals surface area contributed by atoms with Crippen molar-refractivity contribution in [1.29, 1.82) is 0 Å². The highest BCUT2D eigenvalue weighted by atomic mass is 32.2. The molecule has 9 nitrogen and oxygen atoms in total. The first-order chi connectivity index (χ1) is 18.6. The van der Waals surface area contributed by atoms with Crippen LogP contribution in [0.15, 0.2) is 53.1 Å². The Bertz CT molecular complexity index is 1040. The number of amides is 2. The molecule has 214 valence electrons. The molecule has 0 spiro atoms. The first-order valence-corrected chi connectivity index (χ1v) is 14.3. The summed E-state index contributed by atoms with van der Waals surface area (Å²) in [6.07, 6.45) is 2.74. The van der Waals surface area contributed by atoms with Crippen molar-refractivity contribution in [3.63, 3.8) is 0 Å². The first-order valence-electron chi connectivity index (χ1n) is 13.2. The van der Waals surface area contributed by atoms with Crippen molar-refractivity contribution in [3.8, 4) is 0 Å². The number of nitrogens with one attached hydrogen (secondary N) is 2. The molecular weight excluding hydrogens is 520 g/mol. The molecule has 2 amide bonds. The van der Waals surface area contributed by atoms with E-state index < -0.39 is 35.7 Å². The van der Waals surface area contributed by atoms with Gasteiger partial charge in [0.25, 0.3) is 0 Å². The average Bonchev–Trinajstić information content (AvgIpc) is 3.40. The number of hydrogen-bond acceptors (Lipinski definition) is 8. The molecule has 0 radical (unpaired) electrons. The second-order valence-electron chi connectivity index (χ2n) is 10.1. The minimum atomic E-state index is -1.09. The fraction of sp³-hybridized carbons (Fsp3) is 0.517. The average molecular weight is 561 g/mol. The Labute approximate surface area is 234 Å². The Hall–Kier alpha value is -3.27. The maximum atomic E-state index is 13.3. The number of alkyl carbamates (subject to hydrolysis) is 1. The van der Waals surface area contributed by atoms with Crippen LogP contribution in [0.4, 0.5) is 4.79 Å². The van der Waals surface area contributed by atoms with Gasteiger partial charge < -0.3 is 24.5 Å². The van der Waals surface area contributed by atoms with Crippen LogP contribution in [0.25, 0.3) is 0 Å². The van der Waals surface area contributed by atoms with Crippen molar-refractivity contribution in [2.75, 3.05) is 5.75 Å². The number of benzene rings is 1. The zero-order chi connectivity index (χ0) is 28.7. The Morgan fingerprint density at radius 2 is 1.72 bits per heavy atom. The van der Waals surface area contributed by atoms with Gasteiger partial charge in [-0.05, 0) is 51.3 Å². The zero-order valence-electron chi connectivity index (χ0n) is 23.2. The van der Waals surface area contributed by atoms with Gasteiger partial charge in [0.15, 0.2) is 5.78 Å². The van der Waals surface area contributed by atoms with E-state index >= 15 is 0 Å². The summed E-state index contributed by atoms with van der Waals surface area (Å²) in [6.45, 7) is 7.28. The molecule has 2 unspecified atom stereocenters. The van der Waals surface area contributed by atoms with Gasteiger partial charge in [-0.2, -0.15) is 0 Å². The summed E-state index contributed by atoms with van der Waals surface area (Å²) in [4.78, 5) is 51.1. The fourth-order valence-electron chi connectivity index (χ4n) is 3.57. The van der Waals surface area contributed by atoms with Crippen molar-refractivity contribution in [3.05, 3.63) is 60.1 Å². The first kappa shape index (κ1) is 31.9. The van der Waals surface area contributed by atoms with Gasteiger partial charge in [-0.3, -0.25) is 14.4 Å². The van der Waals surface area contributed by atoms with E-state index in [9.17, 15) is 19.2 Å². The van der Waals surface area contributed by atoms with Crippen molar-refractivity contribution >= 4 is 35.5 Å². The molecule has 1 aromatic heterocycles.